The van der Waals surface area contributed by atoms with E-state index >= 15 is 0 Å². The summed E-state index contributed by atoms with van der Waals surface area (Å²) < 4.78 is 12.2. The van der Waals surface area contributed by atoms with Crippen molar-refractivity contribution in [2.75, 3.05) is 61.6 Å². The summed E-state index contributed by atoms with van der Waals surface area (Å²) in [6.45, 7) is 15.7. The van der Waals surface area contributed by atoms with Gasteiger partial charge in [0.05, 0.1) is 49.3 Å². The number of H-pyrrole nitrogens is 1. The van der Waals surface area contributed by atoms with Crippen molar-refractivity contribution in [1.29, 1.82) is 0 Å². The number of amides is 6. The number of likely N-dealkylation sites (N-methyl/N-ethyl adjacent to an activating group) is 2. The highest BCUT2D eigenvalue weighted by atomic mass is 16.7. The summed E-state index contributed by atoms with van der Waals surface area (Å²) in [6, 6.07) is 4.70. The van der Waals surface area contributed by atoms with Crippen molar-refractivity contribution in [2.24, 2.45) is 23.7 Å². The largest absolute Gasteiger partial charge is 0.379 e. The molecule has 2 aliphatic rings. The van der Waals surface area contributed by atoms with Gasteiger partial charge in [-0.25, -0.2) is 5.06 Å². The predicted molar refractivity (Wildman–Crippen MR) is 268 cm³/mol. The molecule has 6 amide bonds. The first-order chi connectivity index (χ1) is 32.9. The van der Waals surface area contributed by atoms with E-state index in [1.807, 2.05) is 84.0 Å². The number of fused-ring (bicyclic) bond motifs is 1. The lowest BCUT2D eigenvalue weighted by Gasteiger charge is -2.41. The van der Waals surface area contributed by atoms with Crippen LogP contribution in [0.5, 0.6) is 0 Å². The van der Waals surface area contributed by atoms with Gasteiger partial charge in [-0.2, -0.15) is 0 Å². The summed E-state index contributed by atoms with van der Waals surface area (Å²) in [5.74, 6) is -2.39. The second kappa shape index (κ2) is 27.7. The van der Waals surface area contributed by atoms with Crippen LogP contribution in [0.25, 0.3) is 10.9 Å². The zero-order valence-electron chi connectivity index (χ0n) is 43.8. The van der Waals surface area contributed by atoms with E-state index in [0.717, 1.165) is 48.6 Å². The van der Waals surface area contributed by atoms with Gasteiger partial charge in [-0.15, -0.1) is 0 Å². The number of hydrogen-bond acceptors (Lipinski definition) is 10. The van der Waals surface area contributed by atoms with Crippen LogP contribution in [0.4, 0.5) is 0 Å². The maximum atomic E-state index is 14.6. The van der Waals surface area contributed by atoms with Crippen LogP contribution in [0.15, 0.2) is 30.5 Å². The van der Waals surface area contributed by atoms with Gasteiger partial charge in [-0.3, -0.25) is 38.5 Å². The summed E-state index contributed by atoms with van der Waals surface area (Å²) in [5.41, 5.74) is 1.83. The first kappa shape index (κ1) is 57.0. The monoisotopic (exact) mass is 967 g/mol. The molecule has 0 saturated carbocycles. The molecule has 0 radical (unpaired) electrons. The Balaban J connectivity index is 1.47. The quantitative estimate of drug-likeness (QED) is 0.0879. The highest BCUT2D eigenvalue weighted by molar-refractivity contribution is 5.91. The van der Waals surface area contributed by atoms with Gasteiger partial charge in [0.1, 0.15) is 12.1 Å². The first-order valence-electron chi connectivity index (χ1n) is 25.5. The molecule has 17 heteroatoms. The third kappa shape index (κ3) is 15.2. The maximum absolute atomic E-state index is 14.6. The van der Waals surface area contributed by atoms with Gasteiger partial charge in [0.25, 0.3) is 5.91 Å². The second-order valence-corrected chi connectivity index (χ2v) is 20.1. The van der Waals surface area contributed by atoms with E-state index in [2.05, 4.69) is 20.9 Å². The summed E-state index contributed by atoms with van der Waals surface area (Å²) in [7, 11) is 8.40. The highest BCUT2D eigenvalue weighted by Gasteiger charge is 2.44. The van der Waals surface area contributed by atoms with Gasteiger partial charge in [-0.1, -0.05) is 79.5 Å². The molecule has 4 N–H and O–H groups in total. The molecule has 2 aliphatic heterocycles. The third-order valence-electron chi connectivity index (χ3n) is 14.5. The molecule has 2 aromatic rings. The lowest BCUT2D eigenvalue weighted by molar-refractivity contribution is -0.199. The number of hydroxylamine groups is 2. The van der Waals surface area contributed by atoms with E-state index < -0.39 is 48.3 Å². The number of methoxy groups -OCH3 is 2. The predicted octanol–water partition coefficient (Wildman–Crippen LogP) is 5.07. The van der Waals surface area contributed by atoms with Gasteiger partial charge in [0, 0.05) is 71.3 Å². The van der Waals surface area contributed by atoms with Crippen LogP contribution in [-0.4, -0.2) is 164 Å². The van der Waals surface area contributed by atoms with E-state index in [-0.39, 0.29) is 66.0 Å². The first-order valence-corrected chi connectivity index (χ1v) is 25.5. The Morgan fingerprint density at radius 1 is 0.884 bits per heavy atom. The molecule has 1 aromatic carbocycles. The number of benzene rings is 1. The van der Waals surface area contributed by atoms with Crippen molar-refractivity contribution in [3.05, 3.63) is 36.0 Å². The van der Waals surface area contributed by atoms with Crippen molar-refractivity contribution < 1.29 is 43.1 Å². The van der Waals surface area contributed by atoms with Crippen LogP contribution in [0, 0.1) is 23.7 Å². The molecule has 0 unspecified atom stereocenters. The molecular formula is C52H86N8O9. The number of ether oxygens (including phenoxy) is 2. The molecule has 9 atom stereocenters. The van der Waals surface area contributed by atoms with Gasteiger partial charge >= 0.3 is 0 Å². The van der Waals surface area contributed by atoms with Crippen LogP contribution in [-0.2, 0) is 49.5 Å². The lowest BCUT2D eigenvalue weighted by Crippen LogP contribution is -2.60. The van der Waals surface area contributed by atoms with E-state index in [1.54, 1.807) is 45.0 Å². The number of nitrogens with one attached hydrogen (secondary N) is 4. The van der Waals surface area contributed by atoms with Crippen LogP contribution in [0.2, 0.25) is 0 Å². The highest BCUT2D eigenvalue weighted by Crippen LogP contribution is 2.30. The topological polar surface area (TPSA) is 195 Å². The number of likely N-dealkylation sites (tertiary alicyclic amines) is 1. The molecular weight excluding hydrogens is 881 g/mol. The molecule has 1 aromatic heterocycles. The van der Waals surface area contributed by atoms with Crippen LogP contribution in [0.1, 0.15) is 118 Å². The smallest absolute Gasteiger partial charge is 0.269 e. The van der Waals surface area contributed by atoms with Crippen LogP contribution >= 0.6 is 0 Å². The Labute approximate surface area is 411 Å². The van der Waals surface area contributed by atoms with E-state index in [1.165, 1.54) is 5.06 Å². The molecule has 17 nitrogen and oxygen atoms in total. The van der Waals surface area contributed by atoms with Gasteiger partial charge in [0.15, 0.2) is 0 Å². The fraction of sp³-hybridized carbons (Fsp3) is 0.731. The average molecular weight is 967 g/mol. The SMILES string of the molecule is CC[C@H](C)[C@@H]([C@@H](CC(=O)N1CCC[C@H]1[C@H](OC)[C@@H](C)C(=O)N[C@@H](Cc1c[nH]c2ccccc12)C(=O)N1CCCCO1)OC)N(C)C(=O)[C@@H](NC(=O)[C@H](C(C)C)N(C)CCCCCC(=O)NC)C(C)C. The maximum Gasteiger partial charge on any atom is 0.269 e. The Morgan fingerprint density at radius 2 is 1.61 bits per heavy atom. The number of aromatic nitrogens is 1. The number of hydrogen-bond donors (Lipinski definition) is 4. The second-order valence-electron chi connectivity index (χ2n) is 20.1. The van der Waals surface area contributed by atoms with Gasteiger partial charge in [0.2, 0.25) is 29.5 Å². The number of carbonyl (C=O) groups is 6. The van der Waals surface area contributed by atoms with Crippen molar-refractivity contribution >= 4 is 46.3 Å². The minimum Gasteiger partial charge on any atom is -0.379 e. The fourth-order valence-electron chi connectivity index (χ4n) is 10.3. The van der Waals surface area contributed by atoms with E-state index in [0.29, 0.717) is 51.9 Å². The Kier molecular flexibility index (Phi) is 22.9. The Morgan fingerprint density at radius 3 is 2.23 bits per heavy atom. The normalized spacial score (nSPS) is 18.9. The zero-order valence-corrected chi connectivity index (χ0v) is 43.8. The minimum atomic E-state index is -0.902. The minimum absolute atomic E-state index is 0.0167. The number of aromatic amines is 1. The number of para-hydroxylation sites is 1. The molecule has 69 heavy (non-hydrogen) atoms. The summed E-state index contributed by atoms with van der Waals surface area (Å²) in [6.07, 6.45) is 7.37. The Hall–Kier alpha value is -4.58. The molecule has 0 aliphatic carbocycles. The molecule has 0 bridgehead atoms. The fourth-order valence-corrected chi connectivity index (χ4v) is 10.3. The molecule has 2 fully saturated rings. The molecule has 0 spiro atoms. The van der Waals surface area contributed by atoms with Gasteiger partial charge < -0.3 is 40.2 Å². The average Bonchev–Trinajstić information content (AvgIpc) is 4.00. The van der Waals surface area contributed by atoms with Crippen LogP contribution in [0.3, 0.4) is 0 Å². The molecule has 388 valence electrons. The lowest BCUT2D eigenvalue weighted by atomic mass is 9.89. The summed E-state index contributed by atoms with van der Waals surface area (Å²) in [5, 5.41) is 11.2. The van der Waals surface area contributed by atoms with Crippen molar-refractivity contribution in [3.63, 3.8) is 0 Å². The zero-order chi connectivity index (χ0) is 50.9. The molecule has 2 saturated heterocycles. The number of unbranched alkanes of at least 4 members (excludes halogenated alkanes) is 2. The summed E-state index contributed by atoms with van der Waals surface area (Å²) in [4.78, 5) is 97.7. The standard InChI is InChI=1S/C52H86N8O9/c1-13-35(6)47(58(10)52(66)45(33(2)3)56-50(64)46(34(4)5)57(9)26-18-14-15-25-43(61)53-8)42(67-11)31-44(62)59-27-21-24-41(59)48(68-12)36(7)49(63)55-40(51(65)60-28-19-20-29-69-60)30-37-32-54-39-23-17-16-22-38(37)39/h16-17,22-23,32-36,40-42,45-48,54H,13-15,18-21,24-31H2,1-12H3,(H,53,61)(H,55,63)(H,56,64)/t35-,36+,40-,41-,42+,45-,46-,47-,48+/m0/s1. The van der Waals surface area contributed by atoms with Crippen LogP contribution < -0.4 is 16.0 Å². The third-order valence-corrected chi connectivity index (χ3v) is 14.5. The van der Waals surface area contributed by atoms with Crippen molar-refractivity contribution in [1.82, 2.24) is 40.7 Å². The van der Waals surface area contributed by atoms with E-state index in [9.17, 15) is 28.8 Å². The summed E-state index contributed by atoms with van der Waals surface area (Å²) >= 11 is 0. The van der Waals surface area contributed by atoms with E-state index in [4.69, 9.17) is 14.3 Å². The molecule has 4 rings (SSSR count). The Bertz CT molecular complexity index is 1970. The van der Waals surface area contributed by atoms with Gasteiger partial charge in [-0.05, 0) is 81.5 Å². The number of carbonyl (C=O) groups excluding carboxylic acids is 6. The van der Waals surface area contributed by atoms with Crippen molar-refractivity contribution in [2.45, 2.75) is 162 Å². The number of rotatable bonds is 27. The number of nitrogens with zero attached hydrogens (tertiary/aromatic N) is 4. The van der Waals surface area contributed by atoms with Crippen molar-refractivity contribution in [3.8, 4) is 0 Å². The molecule has 3 heterocycles.